The molecule has 1 spiro atoms. The highest BCUT2D eigenvalue weighted by atomic mass is 32.1. The van der Waals surface area contributed by atoms with Gasteiger partial charge in [-0.05, 0) is 115 Å². The largest absolute Gasteiger partial charge is 0.310 e. The Balaban J connectivity index is 1.07. The molecular formula is C53H33NS. The average molecular weight is 716 g/mol. The highest BCUT2D eigenvalue weighted by molar-refractivity contribution is 7.20. The summed E-state index contributed by atoms with van der Waals surface area (Å²) in [5.41, 5.74) is 14.9. The maximum Gasteiger partial charge on any atom is 0.0820 e. The molecular weight excluding hydrogens is 683 g/mol. The van der Waals surface area contributed by atoms with Gasteiger partial charge < -0.3 is 4.90 Å². The smallest absolute Gasteiger partial charge is 0.0820 e. The van der Waals surface area contributed by atoms with Gasteiger partial charge in [-0.2, -0.15) is 0 Å². The molecule has 256 valence electrons. The quantitative estimate of drug-likeness (QED) is 0.164. The Morgan fingerprint density at radius 1 is 0.364 bits per heavy atom. The molecule has 2 aliphatic carbocycles. The molecule has 0 aliphatic heterocycles. The third kappa shape index (κ3) is 4.23. The summed E-state index contributed by atoms with van der Waals surface area (Å²) in [6, 6.07) is 74.2. The monoisotopic (exact) mass is 715 g/mol. The molecule has 0 saturated heterocycles. The van der Waals surface area contributed by atoms with E-state index >= 15 is 0 Å². The van der Waals surface area contributed by atoms with E-state index in [0.29, 0.717) is 0 Å². The van der Waals surface area contributed by atoms with E-state index in [1.54, 1.807) is 0 Å². The fourth-order valence-corrected chi connectivity index (χ4v) is 11.2. The van der Waals surface area contributed by atoms with Crippen molar-refractivity contribution in [3.8, 4) is 33.4 Å². The number of hydrogen-bond acceptors (Lipinski definition) is 2. The summed E-state index contributed by atoms with van der Waals surface area (Å²) in [4.78, 5) is 3.85. The lowest BCUT2D eigenvalue weighted by atomic mass is 9.74. The lowest BCUT2D eigenvalue weighted by Gasteiger charge is -2.31. The van der Waals surface area contributed by atoms with E-state index in [2.05, 4.69) is 205 Å². The van der Waals surface area contributed by atoms with Gasteiger partial charge in [0.2, 0.25) is 0 Å². The van der Waals surface area contributed by atoms with Gasteiger partial charge in [-0.1, -0.05) is 152 Å². The third-order valence-corrected chi connectivity index (χ3v) is 13.3. The first-order valence-electron chi connectivity index (χ1n) is 19.0. The number of nitrogens with zero attached hydrogens (tertiary/aromatic N) is 1. The average Bonchev–Trinajstić information content (AvgIpc) is 3.88. The van der Waals surface area contributed by atoms with Gasteiger partial charge in [0.1, 0.15) is 0 Å². The number of anilines is 3. The summed E-state index contributed by atoms with van der Waals surface area (Å²) in [5.74, 6) is 0. The second-order valence-electron chi connectivity index (χ2n) is 14.8. The zero-order valence-corrected chi connectivity index (χ0v) is 30.7. The fraction of sp³-hybridized carbons (Fsp3) is 0.0189. The normalized spacial score (nSPS) is 15.0. The van der Waals surface area contributed by atoms with Crippen molar-refractivity contribution >= 4 is 60.0 Å². The summed E-state index contributed by atoms with van der Waals surface area (Å²) >= 11 is 1.96. The van der Waals surface area contributed by atoms with Gasteiger partial charge in [-0.3, -0.25) is 0 Å². The molecule has 2 heteroatoms. The third-order valence-electron chi connectivity index (χ3n) is 12.0. The Labute approximate surface area is 324 Å². The summed E-state index contributed by atoms with van der Waals surface area (Å²) in [7, 11) is 0. The molecule has 1 atom stereocenters. The summed E-state index contributed by atoms with van der Waals surface area (Å²) in [6.07, 6.45) is 0. The Morgan fingerprint density at radius 3 is 1.76 bits per heavy atom. The van der Waals surface area contributed by atoms with Crippen molar-refractivity contribution in [1.82, 2.24) is 0 Å². The number of para-hydroxylation sites is 1. The van der Waals surface area contributed by atoms with Gasteiger partial charge >= 0.3 is 0 Å². The van der Waals surface area contributed by atoms with Crippen molar-refractivity contribution in [2.45, 2.75) is 5.41 Å². The van der Waals surface area contributed by atoms with Crippen LogP contribution in [0.4, 0.5) is 17.1 Å². The Morgan fingerprint density at radius 2 is 0.945 bits per heavy atom. The van der Waals surface area contributed by atoms with E-state index in [-0.39, 0.29) is 0 Å². The van der Waals surface area contributed by atoms with Crippen molar-refractivity contribution in [3.63, 3.8) is 0 Å². The Kier molecular flexibility index (Phi) is 6.49. The van der Waals surface area contributed by atoms with Crippen LogP contribution in [0.25, 0.3) is 65.0 Å². The first-order valence-corrected chi connectivity index (χ1v) is 19.8. The van der Waals surface area contributed by atoms with Crippen molar-refractivity contribution in [1.29, 1.82) is 0 Å². The van der Waals surface area contributed by atoms with Crippen molar-refractivity contribution in [3.05, 3.63) is 222 Å². The van der Waals surface area contributed by atoms with E-state index in [1.807, 2.05) is 11.3 Å². The maximum atomic E-state index is 2.49. The maximum absolute atomic E-state index is 2.49. The molecule has 0 saturated carbocycles. The standard InChI is InChI=1S/C53H33NS/c1-2-15-36(16-3-1)54(37-28-26-34(27-29-37)46-32-35-14-4-5-17-39(35)40-18-6-7-19-41(40)46)38-30-31-43-42-20-8-11-23-47(42)53(49(43)33-38)48-24-12-9-21-44(48)51-45-22-10-13-25-50(45)55-52(51)53/h1-33H. The van der Waals surface area contributed by atoms with Crippen LogP contribution in [-0.4, -0.2) is 0 Å². The molecule has 1 heterocycles. The van der Waals surface area contributed by atoms with E-state index in [1.165, 1.54) is 86.6 Å². The molecule has 55 heavy (non-hydrogen) atoms. The van der Waals surface area contributed by atoms with Gasteiger partial charge in [-0.15, -0.1) is 11.3 Å². The van der Waals surface area contributed by atoms with Crippen LogP contribution in [0, 0.1) is 0 Å². The van der Waals surface area contributed by atoms with E-state index in [0.717, 1.165) is 17.1 Å². The Bertz CT molecular complexity index is 3160. The van der Waals surface area contributed by atoms with Gasteiger partial charge in [0.05, 0.1) is 5.41 Å². The predicted molar refractivity (Wildman–Crippen MR) is 233 cm³/mol. The number of benzene rings is 9. The molecule has 0 bridgehead atoms. The highest BCUT2D eigenvalue weighted by Crippen LogP contribution is 2.66. The van der Waals surface area contributed by atoms with Crippen molar-refractivity contribution in [2.75, 3.05) is 4.90 Å². The van der Waals surface area contributed by atoms with Crippen LogP contribution in [0.1, 0.15) is 21.6 Å². The molecule has 9 aromatic carbocycles. The molecule has 0 N–H and O–H groups in total. The molecule has 1 unspecified atom stereocenters. The van der Waals surface area contributed by atoms with Crippen LogP contribution in [0.15, 0.2) is 200 Å². The second kappa shape index (κ2) is 11.6. The van der Waals surface area contributed by atoms with Gasteiger partial charge in [0, 0.05) is 37.6 Å². The minimum absolute atomic E-state index is 0.402. The van der Waals surface area contributed by atoms with Crippen LogP contribution in [0.5, 0.6) is 0 Å². The summed E-state index contributed by atoms with van der Waals surface area (Å²) in [6.45, 7) is 0. The molecule has 0 radical (unpaired) electrons. The molecule has 1 nitrogen and oxygen atoms in total. The predicted octanol–water partition coefficient (Wildman–Crippen LogP) is 14.7. The van der Waals surface area contributed by atoms with E-state index < -0.39 is 5.41 Å². The zero-order valence-electron chi connectivity index (χ0n) is 29.9. The lowest BCUT2D eigenvalue weighted by molar-refractivity contribution is 0.811. The minimum Gasteiger partial charge on any atom is -0.310 e. The zero-order chi connectivity index (χ0) is 36.1. The molecule has 10 aromatic rings. The molecule has 1 aromatic heterocycles. The van der Waals surface area contributed by atoms with Gasteiger partial charge in [0.15, 0.2) is 0 Å². The van der Waals surface area contributed by atoms with Crippen molar-refractivity contribution in [2.24, 2.45) is 0 Å². The van der Waals surface area contributed by atoms with E-state index in [9.17, 15) is 0 Å². The highest BCUT2D eigenvalue weighted by Gasteiger charge is 2.53. The molecule has 2 aliphatic rings. The van der Waals surface area contributed by atoms with Crippen LogP contribution in [0.3, 0.4) is 0 Å². The SMILES string of the molecule is c1ccc(N(c2ccc(-c3cc4ccccc4c4ccccc34)cc2)c2ccc3c(c2)C2(c4ccccc4-3)c3ccccc3-c3c2sc2ccccc32)cc1. The first kappa shape index (κ1) is 30.7. The number of fused-ring (bicyclic) bond motifs is 15. The van der Waals surface area contributed by atoms with Crippen molar-refractivity contribution < 1.29 is 0 Å². The van der Waals surface area contributed by atoms with Crippen LogP contribution in [-0.2, 0) is 5.41 Å². The number of thiophene rings is 1. The molecule has 0 amide bonds. The van der Waals surface area contributed by atoms with Crippen LogP contribution >= 0.6 is 11.3 Å². The lowest BCUT2D eigenvalue weighted by Crippen LogP contribution is -2.25. The number of rotatable bonds is 4. The molecule has 0 fully saturated rings. The fourth-order valence-electron chi connectivity index (χ4n) is 9.78. The molecule has 12 rings (SSSR count). The van der Waals surface area contributed by atoms with E-state index in [4.69, 9.17) is 0 Å². The topological polar surface area (TPSA) is 3.24 Å². The summed E-state index contributed by atoms with van der Waals surface area (Å²) < 4.78 is 1.34. The van der Waals surface area contributed by atoms with Crippen LogP contribution in [0.2, 0.25) is 0 Å². The number of hydrogen-bond donors (Lipinski definition) is 0. The van der Waals surface area contributed by atoms with Gasteiger partial charge in [-0.25, -0.2) is 0 Å². The summed E-state index contributed by atoms with van der Waals surface area (Å²) in [5, 5.41) is 6.45. The minimum atomic E-state index is -0.402. The first-order chi connectivity index (χ1) is 27.3. The van der Waals surface area contributed by atoms with Crippen LogP contribution < -0.4 is 4.90 Å². The van der Waals surface area contributed by atoms with Gasteiger partial charge in [0.25, 0.3) is 0 Å². The second-order valence-corrected chi connectivity index (χ2v) is 15.8. The Hall–Kier alpha value is -6.74.